The first kappa shape index (κ1) is 19.0. The second-order valence-corrected chi connectivity index (χ2v) is 7.27. The Morgan fingerprint density at radius 2 is 2.15 bits per heavy atom. The van der Waals surface area contributed by atoms with E-state index in [1.807, 2.05) is 4.90 Å². The van der Waals surface area contributed by atoms with Gasteiger partial charge in [0.2, 0.25) is 11.7 Å². The Kier molecular flexibility index (Phi) is 5.83. The summed E-state index contributed by atoms with van der Waals surface area (Å²) in [6.07, 6.45) is 2.00. The van der Waals surface area contributed by atoms with E-state index in [2.05, 4.69) is 22.3 Å². The van der Waals surface area contributed by atoms with E-state index < -0.39 is 5.97 Å². The summed E-state index contributed by atoms with van der Waals surface area (Å²) in [4.78, 5) is 27.7. The van der Waals surface area contributed by atoms with Gasteiger partial charge in [0.25, 0.3) is 0 Å². The highest BCUT2D eigenvalue weighted by Gasteiger charge is 2.22. The summed E-state index contributed by atoms with van der Waals surface area (Å²) in [5.41, 5.74) is 1.08. The van der Waals surface area contributed by atoms with E-state index >= 15 is 0 Å². The van der Waals surface area contributed by atoms with Crippen molar-refractivity contribution in [2.45, 2.75) is 46.3 Å². The number of amides is 1. The molecule has 2 aromatic rings. The molecule has 144 valence electrons. The van der Waals surface area contributed by atoms with Gasteiger partial charge in [0, 0.05) is 18.7 Å². The van der Waals surface area contributed by atoms with Gasteiger partial charge >= 0.3 is 5.97 Å². The van der Waals surface area contributed by atoms with E-state index in [-0.39, 0.29) is 18.6 Å². The van der Waals surface area contributed by atoms with Crippen LogP contribution >= 0.6 is 0 Å². The van der Waals surface area contributed by atoms with E-state index in [0.29, 0.717) is 22.9 Å². The lowest BCUT2D eigenvalue weighted by Gasteiger charge is -2.30. The lowest BCUT2D eigenvalue weighted by Crippen LogP contribution is -2.41. The van der Waals surface area contributed by atoms with Crippen LogP contribution in [-0.2, 0) is 16.1 Å². The van der Waals surface area contributed by atoms with Crippen molar-refractivity contribution in [3.05, 3.63) is 29.8 Å². The summed E-state index contributed by atoms with van der Waals surface area (Å²) in [7, 11) is 0. The van der Waals surface area contributed by atoms with Crippen LogP contribution in [0.4, 0.5) is 0 Å². The number of hydrogen-bond donors (Lipinski definition) is 0. The average molecular weight is 371 g/mol. The predicted octanol–water partition coefficient (Wildman–Crippen LogP) is 2.16. The van der Waals surface area contributed by atoms with Crippen molar-refractivity contribution in [2.75, 3.05) is 13.1 Å². The third-order valence-corrected chi connectivity index (χ3v) is 4.44. The highest BCUT2D eigenvalue weighted by molar-refractivity contribution is 5.90. The molecule has 27 heavy (non-hydrogen) atoms. The van der Waals surface area contributed by atoms with Crippen LogP contribution in [0, 0.1) is 5.92 Å². The fourth-order valence-corrected chi connectivity index (χ4v) is 3.13. The molecular formula is C19H25N5O3. The Balaban J connectivity index is 1.68. The van der Waals surface area contributed by atoms with Crippen molar-refractivity contribution >= 4 is 11.9 Å². The fraction of sp³-hybridized carbons (Fsp3) is 0.526. The molecule has 0 radical (unpaired) electrons. The van der Waals surface area contributed by atoms with Crippen molar-refractivity contribution < 1.29 is 14.3 Å². The zero-order valence-electron chi connectivity index (χ0n) is 16.0. The Morgan fingerprint density at radius 1 is 1.33 bits per heavy atom. The normalized spacial score (nSPS) is 17.2. The van der Waals surface area contributed by atoms with Crippen LogP contribution in [0.15, 0.2) is 24.3 Å². The van der Waals surface area contributed by atoms with Gasteiger partial charge in [0.1, 0.15) is 6.54 Å². The summed E-state index contributed by atoms with van der Waals surface area (Å²) in [6, 6.07) is 6.88. The van der Waals surface area contributed by atoms with E-state index in [1.165, 1.54) is 4.80 Å². The van der Waals surface area contributed by atoms with Crippen molar-refractivity contribution in [2.24, 2.45) is 5.92 Å². The van der Waals surface area contributed by atoms with Crippen LogP contribution in [-0.4, -0.2) is 56.2 Å². The number of likely N-dealkylation sites (tertiary alicyclic amines) is 1. The van der Waals surface area contributed by atoms with Crippen LogP contribution in [0.3, 0.4) is 0 Å². The minimum absolute atomic E-state index is 0.000220. The van der Waals surface area contributed by atoms with E-state index in [0.717, 1.165) is 25.9 Å². The maximum atomic E-state index is 12.4. The van der Waals surface area contributed by atoms with Crippen molar-refractivity contribution in [3.8, 4) is 11.4 Å². The van der Waals surface area contributed by atoms with Crippen LogP contribution in [0.2, 0.25) is 0 Å². The molecule has 0 saturated carbocycles. The number of aromatic nitrogens is 4. The molecule has 1 aromatic carbocycles. The molecule has 1 amide bonds. The molecule has 1 fully saturated rings. The molecule has 3 rings (SSSR count). The predicted molar refractivity (Wildman–Crippen MR) is 98.8 cm³/mol. The maximum absolute atomic E-state index is 12.4. The van der Waals surface area contributed by atoms with Gasteiger partial charge in [0.05, 0.1) is 11.7 Å². The topological polar surface area (TPSA) is 90.2 Å². The largest absolute Gasteiger partial charge is 0.459 e. The minimum Gasteiger partial charge on any atom is -0.459 e. The number of carbonyl (C=O) groups is 2. The number of ether oxygens (including phenoxy) is 1. The summed E-state index contributed by atoms with van der Waals surface area (Å²) < 4.78 is 5.21. The van der Waals surface area contributed by atoms with Gasteiger partial charge in [-0.25, -0.2) is 4.79 Å². The summed E-state index contributed by atoms with van der Waals surface area (Å²) >= 11 is 0. The number of benzene rings is 1. The maximum Gasteiger partial charge on any atom is 0.338 e. The standard InChI is InChI=1S/C19H25N5O3/c1-13(2)27-19(26)16-8-4-7-15(10-16)18-20-22-24(21-18)12-17(25)23-9-5-6-14(3)11-23/h4,7-8,10,13-14H,5-6,9,11-12H2,1-3H3. The highest BCUT2D eigenvalue weighted by Crippen LogP contribution is 2.18. The lowest BCUT2D eigenvalue weighted by molar-refractivity contribution is -0.134. The molecule has 2 heterocycles. The zero-order valence-corrected chi connectivity index (χ0v) is 16.0. The number of nitrogens with zero attached hydrogens (tertiary/aromatic N) is 5. The van der Waals surface area contributed by atoms with Crippen LogP contribution in [0.25, 0.3) is 11.4 Å². The Labute approximate surface area is 158 Å². The second kappa shape index (κ2) is 8.28. The van der Waals surface area contributed by atoms with E-state index in [9.17, 15) is 9.59 Å². The van der Waals surface area contributed by atoms with Crippen molar-refractivity contribution in [1.29, 1.82) is 0 Å². The van der Waals surface area contributed by atoms with Gasteiger partial charge < -0.3 is 9.64 Å². The number of tetrazole rings is 1. The zero-order chi connectivity index (χ0) is 19.4. The molecule has 8 nitrogen and oxygen atoms in total. The third kappa shape index (κ3) is 4.90. The number of esters is 1. The number of rotatable bonds is 5. The minimum atomic E-state index is -0.395. The number of hydrogen-bond acceptors (Lipinski definition) is 6. The SMILES string of the molecule is CC1CCCN(C(=O)Cn2nnc(-c3cccc(C(=O)OC(C)C)c3)n2)C1. The van der Waals surface area contributed by atoms with Gasteiger partial charge in [-0.15, -0.1) is 10.2 Å². The Hall–Kier alpha value is -2.77. The molecule has 0 aliphatic carbocycles. The monoisotopic (exact) mass is 371 g/mol. The molecule has 1 aliphatic rings. The Morgan fingerprint density at radius 3 is 2.89 bits per heavy atom. The van der Waals surface area contributed by atoms with Crippen LogP contribution in [0.1, 0.15) is 44.0 Å². The molecule has 1 aliphatic heterocycles. The first-order valence-corrected chi connectivity index (χ1v) is 9.29. The summed E-state index contributed by atoms with van der Waals surface area (Å²) in [5, 5.41) is 12.3. The molecule has 1 saturated heterocycles. The summed E-state index contributed by atoms with van der Waals surface area (Å²) in [5.74, 6) is 0.498. The fourth-order valence-electron chi connectivity index (χ4n) is 3.13. The Bertz CT molecular complexity index is 817. The first-order chi connectivity index (χ1) is 12.9. The van der Waals surface area contributed by atoms with Gasteiger partial charge in [0.15, 0.2) is 0 Å². The van der Waals surface area contributed by atoms with Gasteiger partial charge in [-0.1, -0.05) is 19.1 Å². The van der Waals surface area contributed by atoms with E-state index in [4.69, 9.17) is 4.74 Å². The van der Waals surface area contributed by atoms with Crippen molar-refractivity contribution in [1.82, 2.24) is 25.1 Å². The average Bonchev–Trinajstić information content (AvgIpc) is 3.10. The smallest absolute Gasteiger partial charge is 0.338 e. The van der Waals surface area contributed by atoms with E-state index in [1.54, 1.807) is 38.1 Å². The summed E-state index contributed by atoms with van der Waals surface area (Å²) in [6.45, 7) is 7.38. The quantitative estimate of drug-likeness (QED) is 0.748. The van der Waals surface area contributed by atoms with Crippen molar-refractivity contribution in [3.63, 3.8) is 0 Å². The molecule has 1 unspecified atom stereocenters. The molecule has 8 heteroatoms. The lowest BCUT2D eigenvalue weighted by atomic mass is 10.0. The molecular weight excluding hydrogens is 346 g/mol. The number of piperidine rings is 1. The second-order valence-electron chi connectivity index (χ2n) is 7.27. The molecule has 1 atom stereocenters. The van der Waals surface area contributed by atoms with Gasteiger partial charge in [-0.05, 0) is 50.0 Å². The van der Waals surface area contributed by atoms with Gasteiger partial charge in [-0.2, -0.15) is 4.80 Å². The van der Waals surface area contributed by atoms with Gasteiger partial charge in [-0.3, -0.25) is 4.79 Å². The molecule has 0 spiro atoms. The molecule has 0 N–H and O–H groups in total. The van der Waals surface area contributed by atoms with Crippen LogP contribution in [0.5, 0.6) is 0 Å². The molecule has 1 aromatic heterocycles. The number of carbonyl (C=O) groups excluding carboxylic acids is 2. The highest BCUT2D eigenvalue weighted by atomic mass is 16.5. The van der Waals surface area contributed by atoms with Crippen LogP contribution < -0.4 is 0 Å². The first-order valence-electron chi connectivity index (χ1n) is 9.29. The third-order valence-electron chi connectivity index (χ3n) is 4.44. The molecule has 0 bridgehead atoms.